The van der Waals surface area contributed by atoms with E-state index in [4.69, 9.17) is 0 Å². The van der Waals surface area contributed by atoms with Crippen molar-refractivity contribution in [2.75, 3.05) is 6.54 Å². The maximum Gasteiger partial charge on any atom is 0.251 e. The molecule has 0 radical (unpaired) electrons. The summed E-state index contributed by atoms with van der Waals surface area (Å²) in [5.41, 5.74) is 3.35. The standard InChI is InChI=1S/C21H25N3O3S2/c1-3-17-13-18(15(2)24-21(17)25)19-9-10-20(28-19)29(26,27)23-12-5-4-7-16-8-6-11-22-14-16/h6,8-11,13-14,23H,3-5,7,12H2,1-2H3,(H,24,25). The number of thiophene rings is 1. The molecule has 29 heavy (non-hydrogen) atoms. The summed E-state index contributed by atoms with van der Waals surface area (Å²) >= 11 is 1.21. The minimum Gasteiger partial charge on any atom is -0.326 e. The lowest BCUT2D eigenvalue weighted by Crippen LogP contribution is -2.24. The number of unbranched alkanes of at least 4 members (excludes halogenated alkanes) is 1. The molecule has 0 spiro atoms. The van der Waals surface area contributed by atoms with Crippen molar-refractivity contribution < 1.29 is 8.42 Å². The lowest BCUT2D eigenvalue weighted by molar-refractivity contribution is 0.578. The average molecular weight is 432 g/mol. The summed E-state index contributed by atoms with van der Waals surface area (Å²) in [4.78, 5) is 19.7. The van der Waals surface area contributed by atoms with E-state index in [0.717, 1.165) is 41.0 Å². The van der Waals surface area contributed by atoms with Crippen LogP contribution in [0.2, 0.25) is 0 Å². The van der Waals surface area contributed by atoms with Crippen LogP contribution < -0.4 is 10.3 Å². The van der Waals surface area contributed by atoms with Crippen molar-refractivity contribution in [3.8, 4) is 10.4 Å². The second-order valence-electron chi connectivity index (χ2n) is 6.85. The van der Waals surface area contributed by atoms with Crippen LogP contribution in [0.4, 0.5) is 0 Å². The van der Waals surface area contributed by atoms with Gasteiger partial charge in [-0.15, -0.1) is 11.3 Å². The summed E-state index contributed by atoms with van der Waals surface area (Å²) in [5, 5.41) is 0. The highest BCUT2D eigenvalue weighted by molar-refractivity contribution is 7.91. The van der Waals surface area contributed by atoms with Gasteiger partial charge in [0.1, 0.15) is 4.21 Å². The Labute approximate surface area is 175 Å². The SMILES string of the molecule is CCc1cc(-c2ccc(S(=O)(=O)NCCCCc3cccnc3)s2)c(C)[nH]c1=O. The molecule has 0 fully saturated rings. The average Bonchev–Trinajstić information content (AvgIpc) is 3.19. The highest BCUT2D eigenvalue weighted by Crippen LogP contribution is 2.32. The first-order chi connectivity index (χ1) is 13.9. The molecular weight excluding hydrogens is 406 g/mol. The lowest BCUT2D eigenvalue weighted by atomic mass is 10.1. The van der Waals surface area contributed by atoms with E-state index in [1.807, 2.05) is 38.2 Å². The Morgan fingerprint density at radius 1 is 1.21 bits per heavy atom. The summed E-state index contributed by atoms with van der Waals surface area (Å²) < 4.78 is 28.2. The third-order valence-corrected chi connectivity index (χ3v) is 7.79. The van der Waals surface area contributed by atoms with Gasteiger partial charge in [0.25, 0.3) is 5.56 Å². The van der Waals surface area contributed by atoms with Gasteiger partial charge in [-0.3, -0.25) is 9.78 Å². The van der Waals surface area contributed by atoms with Crippen LogP contribution >= 0.6 is 11.3 Å². The molecule has 0 aliphatic heterocycles. The zero-order chi connectivity index (χ0) is 20.9. The Bertz CT molecular complexity index is 1120. The van der Waals surface area contributed by atoms with Gasteiger partial charge in [-0.05, 0) is 62.4 Å². The third kappa shape index (κ3) is 5.41. The highest BCUT2D eigenvalue weighted by Gasteiger charge is 2.18. The second kappa shape index (κ2) is 9.47. The van der Waals surface area contributed by atoms with E-state index >= 15 is 0 Å². The number of nitrogens with zero attached hydrogens (tertiary/aromatic N) is 1. The van der Waals surface area contributed by atoms with Gasteiger partial charge < -0.3 is 4.98 Å². The van der Waals surface area contributed by atoms with Crippen LogP contribution in [0.3, 0.4) is 0 Å². The molecule has 0 amide bonds. The first-order valence-electron chi connectivity index (χ1n) is 9.62. The van der Waals surface area contributed by atoms with Crippen molar-refractivity contribution in [3.05, 3.63) is 69.9 Å². The van der Waals surface area contributed by atoms with Gasteiger partial charge in [0.15, 0.2) is 0 Å². The minimum atomic E-state index is -3.55. The molecule has 0 saturated heterocycles. The van der Waals surface area contributed by atoms with Gasteiger partial charge in [-0.25, -0.2) is 13.1 Å². The molecule has 0 aromatic carbocycles. The summed E-state index contributed by atoms with van der Waals surface area (Å²) in [7, 11) is -3.55. The number of pyridine rings is 2. The Hall–Kier alpha value is -2.29. The van der Waals surface area contributed by atoms with E-state index in [1.165, 1.54) is 11.3 Å². The summed E-state index contributed by atoms with van der Waals surface area (Å²) in [6.07, 6.45) is 6.72. The monoisotopic (exact) mass is 431 g/mol. The molecule has 8 heteroatoms. The maximum absolute atomic E-state index is 12.6. The first-order valence-corrected chi connectivity index (χ1v) is 11.9. The van der Waals surface area contributed by atoms with Gasteiger partial charge in [0.05, 0.1) is 0 Å². The fourth-order valence-corrected chi connectivity index (χ4v) is 5.57. The number of rotatable bonds is 9. The zero-order valence-corrected chi connectivity index (χ0v) is 18.2. The molecule has 3 aromatic heterocycles. The zero-order valence-electron chi connectivity index (χ0n) is 16.6. The van der Waals surface area contributed by atoms with E-state index < -0.39 is 10.0 Å². The highest BCUT2D eigenvalue weighted by atomic mass is 32.2. The molecule has 3 aromatic rings. The third-order valence-electron chi connectivity index (χ3n) is 4.71. The number of H-pyrrole nitrogens is 1. The largest absolute Gasteiger partial charge is 0.326 e. The fourth-order valence-electron chi connectivity index (χ4n) is 3.07. The van der Waals surface area contributed by atoms with Crippen LogP contribution in [0, 0.1) is 6.92 Å². The quantitative estimate of drug-likeness (QED) is 0.506. The Kier molecular flexibility index (Phi) is 7.00. The number of aromatic nitrogens is 2. The second-order valence-corrected chi connectivity index (χ2v) is 9.93. The fraction of sp³-hybridized carbons (Fsp3) is 0.333. The van der Waals surface area contributed by atoms with Crippen LogP contribution in [-0.2, 0) is 22.9 Å². The van der Waals surface area contributed by atoms with E-state index in [1.54, 1.807) is 18.3 Å². The van der Waals surface area contributed by atoms with E-state index in [2.05, 4.69) is 14.7 Å². The van der Waals surface area contributed by atoms with E-state index in [0.29, 0.717) is 18.5 Å². The smallest absolute Gasteiger partial charge is 0.251 e. The molecule has 154 valence electrons. The lowest BCUT2D eigenvalue weighted by Gasteiger charge is -2.06. The number of aromatic amines is 1. The molecule has 3 heterocycles. The van der Waals surface area contributed by atoms with Crippen molar-refractivity contribution >= 4 is 21.4 Å². The molecule has 0 saturated carbocycles. The molecule has 2 N–H and O–H groups in total. The topological polar surface area (TPSA) is 91.9 Å². The predicted octanol–water partition coefficient (Wildman–Crippen LogP) is 3.67. The summed E-state index contributed by atoms with van der Waals surface area (Å²) in [6, 6.07) is 9.19. The van der Waals surface area contributed by atoms with Gasteiger partial charge in [0, 0.05) is 40.6 Å². The number of sulfonamides is 1. The van der Waals surface area contributed by atoms with Crippen molar-refractivity contribution in [3.63, 3.8) is 0 Å². The molecular formula is C21H25N3O3S2. The van der Waals surface area contributed by atoms with Crippen molar-refractivity contribution in [2.24, 2.45) is 0 Å². The van der Waals surface area contributed by atoms with Gasteiger partial charge in [-0.2, -0.15) is 0 Å². The van der Waals surface area contributed by atoms with Crippen LogP contribution in [0.25, 0.3) is 10.4 Å². The van der Waals surface area contributed by atoms with Crippen molar-refractivity contribution in [1.82, 2.24) is 14.7 Å². The molecule has 0 atom stereocenters. The van der Waals surface area contributed by atoms with Crippen LogP contribution in [0.15, 0.2) is 51.7 Å². The number of aryl methyl sites for hydroxylation is 3. The number of hydrogen-bond donors (Lipinski definition) is 2. The Balaban J connectivity index is 1.62. The molecule has 6 nitrogen and oxygen atoms in total. The Morgan fingerprint density at radius 2 is 2.03 bits per heavy atom. The van der Waals surface area contributed by atoms with E-state index in [-0.39, 0.29) is 9.77 Å². The molecule has 0 aliphatic carbocycles. The van der Waals surface area contributed by atoms with Crippen LogP contribution in [0.5, 0.6) is 0 Å². The minimum absolute atomic E-state index is 0.0916. The molecule has 3 rings (SSSR count). The van der Waals surface area contributed by atoms with Crippen molar-refractivity contribution in [2.45, 2.75) is 43.7 Å². The molecule has 0 aliphatic rings. The number of hydrogen-bond acceptors (Lipinski definition) is 5. The molecule has 0 bridgehead atoms. The normalized spacial score (nSPS) is 11.7. The van der Waals surface area contributed by atoms with Crippen LogP contribution in [0.1, 0.15) is 36.6 Å². The van der Waals surface area contributed by atoms with Gasteiger partial charge in [0.2, 0.25) is 10.0 Å². The van der Waals surface area contributed by atoms with Crippen molar-refractivity contribution in [1.29, 1.82) is 0 Å². The van der Waals surface area contributed by atoms with E-state index in [9.17, 15) is 13.2 Å². The predicted molar refractivity (Wildman–Crippen MR) is 117 cm³/mol. The maximum atomic E-state index is 12.6. The van der Waals surface area contributed by atoms with Gasteiger partial charge in [-0.1, -0.05) is 13.0 Å². The summed E-state index contributed by atoms with van der Waals surface area (Å²) in [6.45, 7) is 4.14. The van der Waals surface area contributed by atoms with Gasteiger partial charge >= 0.3 is 0 Å². The Morgan fingerprint density at radius 3 is 2.76 bits per heavy atom. The first kappa shape index (κ1) is 21.4. The molecule has 0 unspecified atom stereocenters. The number of nitrogens with one attached hydrogen (secondary N) is 2. The van der Waals surface area contributed by atoms with Crippen LogP contribution in [-0.4, -0.2) is 24.9 Å². The summed E-state index contributed by atoms with van der Waals surface area (Å²) in [5.74, 6) is 0.